The average Bonchev–Trinajstić information content (AvgIpc) is 3.15. The number of nitrogens with zero attached hydrogens (tertiary/aromatic N) is 1. The van der Waals surface area contributed by atoms with Gasteiger partial charge in [-0.05, 0) is 19.1 Å². The number of thiazole rings is 1. The molecule has 0 bridgehead atoms. The van der Waals surface area contributed by atoms with Crippen molar-refractivity contribution in [3.63, 3.8) is 0 Å². The van der Waals surface area contributed by atoms with Gasteiger partial charge in [-0.1, -0.05) is 48.5 Å². The summed E-state index contributed by atoms with van der Waals surface area (Å²) in [6.07, 6.45) is 0.0375. The van der Waals surface area contributed by atoms with Crippen molar-refractivity contribution in [3.8, 4) is 10.6 Å². The first-order chi connectivity index (χ1) is 14.0. The summed E-state index contributed by atoms with van der Waals surface area (Å²) in [6.45, 7) is 1.91. The number of carbonyl (C=O) groups excluding carboxylic acids is 3. The number of carbonyl (C=O) groups is 3. The van der Waals surface area contributed by atoms with Gasteiger partial charge in [-0.2, -0.15) is 0 Å². The van der Waals surface area contributed by atoms with Crippen LogP contribution in [0.4, 0.5) is 0 Å². The second kappa shape index (κ2) is 9.61. The van der Waals surface area contributed by atoms with Crippen molar-refractivity contribution in [2.45, 2.75) is 13.3 Å². The van der Waals surface area contributed by atoms with Crippen LogP contribution in [0, 0.1) is 6.92 Å². The molecule has 0 aliphatic heterocycles. The molecule has 3 rings (SSSR count). The Labute approximate surface area is 172 Å². The van der Waals surface area contributed by atoms with Gasteiger partial charge in [0.25, 0.3) is 11.8 Å². The predicted octanol–water partition coefficient (Wildman–Crippen LogP) is 2.70. The van der Waals surface area contributed by atoms with E-state index in [9.17, 15) is 14.4 Å². The minimum absolute atomic E-state index is 0.0375. The van der Waals surface area contributed by atoms with Crippen LogP contribution in [0.15, 0.2) is 60.7 Å². The molecule has 0 saturated carbocycles. The molecule has 0 fully saturated rings. The number of hydrazine groups is 1. The molecule has 2 aromatic carbocycles. The second-order valence-corrected chi connectivity index (χ2v) is 7.17. The lowest BCUT2D eigenvalue weighted by atomic mass is 10.2. The van der Waals surface area contributed by atoms with Crippen molar-refractivity contribution in [1.82, 2.24) is 21.2 Å². The van der Waals surface area contributed by atoms with Gasteiger partial charge in [0.1, 0.15) is 9.88 Å². The Balaban J connectivity index is 1.46. The van der Waals surface area contributed by atoms with Crippen molar-refractivity contribution >= 4 is 29.1 Å². The van der Waals surface area contributed by atoms with Crippen LogP contribution in [0.1, 0.15) is 32.1 Å². The van der Waals surface area contributed by atoms with Gasteiger partial charge in [0.2, 0.25) is 5.91 Å². The van der Waals surface area contributed by atoms with Gasteiger partial charge in [-0.3, -0.25) is 25.2 Å². The summed E-state index contributed by atoms with van der Waals surface area (Å²) in [5.41, 5.74) is 6.80. The molecular formula is C21H20N4O3S. The zero-order valence-electron chi connectivity index (χ0n) is 15.8. The highest BCUT2D eigenvalue weighted by Crippen LogP contribution is 2.27. The van der Waals surface area contributed by atoms with Gasteiger partial charge in [0, 0.05) is 24.1 Å². The van der Waals surface area contributed by atoms with E-state index in [-0.39, 0.29) is 18.9 Å². The fraction of sp³-hybridized carbons (Fsp3) is 0.143. The van der Waals surface area contributed by atoms with Crippen LogP contribution in [-0.4, -0.2) is 29.3 Å². The number of benzene rings is 2. The van der Waals surface area contributed by atoms with E-state index in [4.69, 9.17) is 0 Å². The van der Waals surface area contributed by atoms with Gasteiger partial charge < -0.3 is 5.32 Å². The fourth-order valence-corrected chi connectivity index (χ4v) is 3.51. The maximum atomic E-state index is 12.4. The molecule has 7 nitrogen and oxygen atoms in total. The van der Waals surface area contributed by atoms with Crippen LogP contribution in [0.25, 0.3) is 10.6 Å². The van der Waals surface area contributed by atoms with E-state index < -0.39 is 11.8 Å². The first-order valence-electron chi connectivity index (χ1n) is 9.00. The number of hydrogen-bond acceptors (Lipinski definition) is 5. The summed E-state index contributed by atoms with van der Waals surface area (Å²) >= 11 is 1.26. The summed E-state index contributed by atoms with van der Waals surface area (Å²) in [4.78, 5) is 41.0. The van der Waals surface area contributed by atoms with E-state index in [1.807, 2.05) is 36.4 Å². The third-order valence-electron chi connectivity index (χ3n) is 4.01. The van der Waals surface area contributed by atoms with Crippen molar-refractivity contribution in [1.29, 1.82) is 0 Å². The molecule has 0 radical (unpaired) electrons. The van der Waals surface area contributed by atoms with Crippen LogP contribution < -0.4 is 16.2 Å². The van der Waals surface area contributed by atoms with Gasteiger partial charge >= 0.3 is 0 Å². The fourth-order valence-electron chi connectivity index (χ4n) is 2.54. The van der Waals surface area contributed by atoms with Crippen molar-refractivity contribution < 1.29 is 14.4 Å². The topological polar surface area (TPSA) is 100 Å². The summed E-state index contributed by atoms with van der Waals surface area (Å²) in [7, 11) is 0. The summed E-state index contributed by atoms with van der Waals surface area (Å²) in [5, 5.41) is 3.40. The van der Waals surface area contributed by atoms with E-state index in [2.05, 4.69) is 21.2 Å². The molecule has 0 aliphatic carbocycles. The Bertz CT molecular complexity index is 1000. The Morgan fingerprint density at radius 2 is 1.55 bits per heavy atom. The van der Waals surface area contributed by atoms with Gasteiger partial charge in [-0.25, -0.2) is 4.98 Å². The molecule has 8 heteroatoms. The molecule has 3 amide bonds. The minimum atomic E-state index is -0.427. The lowest BCUT2D eigenvalue weighted by Crippen LogP contribution is -2.42. The highest BCUT2D eigenvalue weighted by atomic mass is 32.1. The van der Waals surface area contributed by atoms with Crippen LogP contribution in [0.2, 0.25) is 0 Å². The first kappa shape index (κ1) is 20.2. The monoisotopic (exact) mass is 408 g/mol. The Morgan fingerprint density at radius 3 is 2.24 bits per heavy atom. The molecule has 0 spiro atoms. The molecule has 3 N–H and O–H groups in total. The van der Waals surface area contributed by atoms with E-state index in [1.165, 1.54) is 11.3 Å². The van der Waals surface area contributed by atoms with Gasteiger partial charge in [0.05, 0.1) is 5.69 Å². The summed E-state index contributed by atoms with van der Waals surface area (Å²) < 4.78 is 0. The van der Waals surface area contributed by atoms with Gasteiger partial charge in [-0.15, -0.1) is 11.3 Å². The summed E-state index contributed by atoms with van der Waals surface area (Å²) in [6, 6.07) is 18.3. The van der Waals surface area contributed by atoms with E-state index >= 15 is 0 Å². The van der Waals surface area contributed by atoms with Crippen LogP contribution in [-0.2, 0) is 4.79 Å². The number of amides is 3. The van der Waals surface area contributed by atoms with Crippen LogP contribution >= 0.6 is 11.3 Å². The van der Waals surface area contributed by atoms with E-state index in [0.29, 0.717) is 16.1 Å². The Kier molecular flexibility index (Phi) is 6.70. The van der Waals surface area contributed by atoms with Crippen LogP contribution in [0.5, 0.6) is 0 Å². The third kappa shape index (κ3) is 5.49. The molecule has 0 atom stereocenters. The molecule has 0 unspecified atom stereocenters. The highest BCUT2D eigenvalue weighted by molar-refractivity contribution is 7.17. The van der Waals surface area contributed by atoms with Gasteiger partial charge in [0.15, 0.2) is 0 Å². The number of aryl methyl sites for hydroxylation is 1. The average molecular weight is 408 g/mol. The van der Waals surface area contributed by atoms with Crippen molar-refractivity contribution in [2.24, 2.45) is 0 Å². The smallest absolute Gasteiger partial charge is 0.281 e. The number of hydrogen-bond donors (Lipinski definition) is 3. The molecule has 0 aliphatic rings. The number of rotatable bonds is 6. The van der Waals surface area contributed by atoms with E-state index in [1.54, 1.807) is 31.2 Å². The van der Waals surface area contributed by atoms with Crippen molar-refractivity contribution in [2.75, 3.05) is 6.54 Å². The lowest BCUT2D eigenvalue weighted by molar-refractivity contribution is -0.121. The lowest BCUT2D eigenvalue weighted by Gasteiger charge is -2.07. The number of nitrogens with one attached hydrogen (secondary N) is 3. The van der Waals surface area contributed by atoms with Crippen molar-refractivity contribution in [3.05, 3.63) is 76.8 Å². The SMILES string of the molecule is Cc1nc(-c2ccccc2)sc1C(=O)NNC(=O)CCNC(=O)c1ccccc1. The van der Waals surface area contributed by atoms with Crippen LogP contribution in [0.3, 0.4) is 0 Å². The maximum Gasteiger partial charge on any atom is 0.281 e. The Morgan fingerprint density at radius 1 is 0.897 bits per heavy atom. The predicted molar refractivity (Wildman–Crippen MR) is 111 cm³/mol. The summed E-state index contributed by atoms with van der Waals surface area (Å²) in [5.74, 6) is -1.09. The molecule has 1 heterocycles. The largest absolute Gasteiger partial charge is 0.352 e. The van der Waals surface area contributed by atoms with E-state index in [0.717, 1.165) is 10.6 Å². The second-order valence-electron chi connectivity index (χ2n) is 6.17. The maximum absolute atomic E-state index is 12.4. The normalized spacial score (nSPS) is 10.2. The molecule has 148 valence electrons. The number of aromatic nitrogens is 1. The Hall–Kier alpha value is -3.52. The standard InChI is InChI=1S/C21H20N4O3S/c1-14-18(29-21(23-14)16-10-6-3-7-11-16)20(28)25-24-17(26)12-13-22-19(27)15-8-4-2-5-9-15/h2-11H,12-13H2,1H3,(H,22,27)(H,24,26)(H,25,28). The minimum Gasteiger partial charge on any atom is -0.352 e. The zero-order chi connectivity index (χ0) is 20.6. The molecule has 0 saturated heterocycles. The highest BCUT2D eigenvalue weighted by Gasteiger charge is 2.16. The zero-order valence-corrected chi connectivity index (χ0v) is 16.6. The third-order valence-corrected chi connectivity index (χ3v) is 5.22. The molecule has 29 heavy (non-hydrogen) atoms. The molecular weight excluding hydrogens is 388 g/mol. The quantitative estimate of drug-likeness (QED) is 0.546. The first-order valence-corrected chi connectivity index (χ1v) is 9.81. The molecule has 1 aromatic heterocycles. The molecule has 3 aromatic rings.